The summed E-state index contributed by atoms with van der Waals surface area (Å²) in [6, 6.07) is 30.1. The fraction of sp³-hybridized carbons (Fsp3) is 0.493. The summed E-state index contributed by atoms with van der Waals surface area (Å²) >= 11 is 0. The summed E-state index contributed by atoms with van der Waals surface area (Å²) in [5.41, 5.74) is 9.97. The van der Waals surface area contributed by atoms with Crippen LogP contribution in [0.2, 0.25) is 0 Å². The van der Waals surface area contributed by atoms with E-state index in [2.05, 4.69) is 44.2 Å². The van der Waals surface area contributed by atoms with Crippen LogP contribution in [0.4, 0.5) is 17.3 Å². The molecule has 2 unspecified atom stereocenters. The third-order valence-corrected chi connectivity index (χ3v) is 19.7. The van der Waals surface area contributed by atoms with Crippen molar-refractivity contribution in [1.29, 1.82) is 10.5 Å². The van der Waals surface area contributed by atoms with Gasteiger partial charge in [-0.3, -0.25) is 24.2 Å². The number of ether oxygens (including phenoxy) is 6. The molecule has 0 amide bonds. The summed E-state index contributed by atoms with van der Waals surface area (Å²) in [7, 11) is -8.50. The number of fused-ring (bicyclic) bond motifs is 3. The number of nitriles is 2. The van der Waals surface area contributed by atoms with Crippen molar-refractivity contribution in [3.63, 3.8) is 0 Å². The first-order chi connectivity index (χ1) is 48.4. The van der Waals surface area contributed by atoms with E-state index in [0.29, 0.717) is 34.7 Å². The number of aromatic nitrogens is 6. The molecule has 0 radical (unpaired) electrons. The van der Waals surface area contributed by atoms with Gasteiger partial charge in [-0.1, -0.05) is 114 Å². The Labute approximate surface area is 583 Å². The van der Waals surface area contributed by atoms with E-state index in [4.69, 9.17) is 58.0 Å². The number of rotatable bonds is 33. The van der Waals surface area contributed by atoms with Crippen LogP contribution >= 0.6 is 15.5 Å². The predicted octanol–water partition coefficient (Wildman–Crippen LogP) is 9.65. The summed E-state index contributed by atoms with van der Waals surface area (Å²) in [6.07, 6.45) is 8.56. The smallest absolute Gasteiger partial charge is 0.465 e. The first-order valence-corrected chi connectivity index (χ1v) is 36.3. The molecule has 3 aromatic carbocycles. The average Bonchev–Trinajstić information content (AvgIpc) is 1.57. The molecule has 3 saturated heterocycles. The molecule has 10 rings (SSSR count). The second kappa shape index (κ2) is 35.7. The number of nitrogens with zero attached hydrogens (tertiary/aromatic N) is 9. The van der Waals surface area contributed by atoms with Crippen molar-refractivity contribution in [2.24, 2.45) is 0 Å². The highest BCUT2D eigenvalue weighted by Gasteiger charge is 2.64. The van der Waals surface area contributed by atoms with Crippen LogP contribution < -0.4 is 35.2 Å². The van der Waals surface area contributed by atoms with Crippen LogP contribution in [0.3, 0.4) is 0 Å². The molecule has 544 valence electrons. The van der Waals surface area contributed by atoms with Crippen LogP contribution in [0.15, 0.2) is 122 Å². The Bertz CT molecular complexity index is 4050. The predicted molar refractivity (Wildman–Crippen MR) is 365 cm³/mol. The summed E-state index contributed by atoms with van der Waals surface area (Å²) in [5.74, 6) is -1.10. The fourth-order valence-corrected chi connectivity index (χ4v) is 14.2. The summed E-state index contributed by atoms with van der Waals surface area (Å²) in [6.45, 7) is 9.97. The molecule has 3 aliphatic rings. The second-order valence-corrected chi connectivity index (χ2v) is 27.9. The lowest BCUT2D eigenvalue weighted by Crippen LogP contribution is -2.46. The maximum atomic E-state index is 14.0. The van der Waals surface area contributed by atoms with Gasteiger partial charge in [0.1, 0.15) is 108 Å². The molecule has 3 fully saturated rings. The Morgan fingerprint density at radius 2 is 1.09 bits per heavy atom. The van der Waals surface area contributed by atoms with Gasteiger partial charge in [-0.15, -0.1) is 0 Å². The summed E-state index contributed by atoms with van der Waals surface area (Å²) in [4.78, 5) is 43.3. The van der Waals surface area contributed by atoms with E-state index >= 15 is 0 Å². The van der Waals surface area contributed by atoms with Gasteiger partial charge < -0.3 is 68.8 Å². The van der Waals surface area contributed by atoms with Crippen molar-refractivity contribution in [3.8, 4) is 29.4 Å². The number of non-ortho nitro benzene ring substituents is 1. The fourth-order valence-electron chi connectivity index (χ4n) is 11.2. The highest BCUT2D eigenvalue weighted by molar-refractivity contribution is 7.52. The number of esters is 2. The number of aliphatic hydroxyl groups is 3. The minimum atomic E-state index is -4.41. The van der Waals surface area contributed by atoms with Gasteiger partial charge in [-0.05, 0) is 101 Å². The van der Waals surface area contributed by atoms with Crippen molar-refractivity contribution in [2.45, 2.75) is 184 Å². The van der Waals surface area contributed by atoms with Crippen LogP contribution in [-0.2, 0) is 51.7 Å². The van der Waals surface area contributed by atoms with E-state index in [9.17, 15) is 54.7 Å². The quantitative estimate of drug-likeness (QED) is 0.00661. The Hall–Kier alpha value is -8.72. The topological polar surface area (TPSA) is 448 Å². The molecule has 7 aromatic rings. The van der Waals surface area contributed by atoms with Crippen molar-refractivity contribution in [2.75, 3.05) is 37.9 Å². The third kappa shape index (κ3) is 20.1. The molecule has 0 aliphatic carbocycles. The maximum Gasteiger partial charge on any atom is 0.513 e. The lowest BCUT2D eigenvalue weighted by Gasteiger charge is -2.28. The van der Waals surface area contributed by atoms with Crippen LogP contribution in [0, 0.1) is 32.8 Å². The zero-order valence-corrected chi connectivity index (χ0v) is 58.7. The Morgan fingerprint density at radius 1 is 0.644 bits per heavy atom. The second-order valence-electron chi connectivity index (χ2n) is 24.6. The normalized spacial score (nSPS) is 22.8. The number of nitrogens with one attached hydrogen (secondary N) is 2. The standard InChI is InChI=1S/C29H39N6O8P.C23H31N2O7P.C15H17N5O4/c1-3-4-5-6-7-11-16-40-28(38)20(2)34-44(39,43-21-12-9-8-10-13-21)41-18-29(17-30)26(37)24(36)25(42-29)22-14-15-23-27(31)32-19-33-35(22)23;1-3-4-5-6-7-11-18-30-23(26)19(2)24-33(29,31-21-12-9-8-10-13-21)32-22-16-14-20(15-17-22)25(27)28;1-14(2)22-11-10(23-15(5-16,6-21)12(11)24-14)8-3-4-9-13(17)18-7-19-20(8)9/h8-10,12-15,19-20,24-26,36-37H,3-7,11,16,18H2,1-2H3,(H,34,39)(H2,31,32,33);8-10,12-17,19H,3-7,11,18H2,1-2H3,(H,24,29);3-4,7,10-12,21H,6H2,1-2H3,(H2,17,18,19)/t20-,24-,25-,26-,29+,44?;19-,33?;10-,11-,12-,15+/m000/s1. The zero-order valence-electron chi connectivity index (χ0n) is 56.9. The number of nitrogen functional groups attached to an aromatic ring is 2. The van der Waals surface area contributed by atoms with E-state index in [0.717, 1.165) is 44.9 Å². The van der Waals surface area contributed by atoms with Gasteiger partial charge in [-0.2, -0.15) is 30.9 Å². The average molecular weight is 1440 g/mol. The molecule has 0 bridgehead atoms. The molecule has 34 heteroatoms. The SMILES string of the molecule is CC1(C)O[C@H]2[C@H](c3ccc4c(N)ncnn34)O[C@](C#N)(CO)[C@H]2O1.CCCCCCCCOC(=O)[C@H](C)NP(=O)(OC[C@@]1(C#N)O[C@@H](c2ccc3c(N)ncnn23)[C@H](O)[C@@H]1O)Oc1ccccc1.CCCCCCCCOC(=O)[C@H](C)NP(=O)(Oc1ccccc1)Oc1ccc([N+](=O)[O-])cc1. The third-order valence-electron chi connectivity index (χ3n) is 16.4. The Kier molecular flexibility index (Phi) is 27.6. The number of unbranched alkanes of at least 4 members (excludes halogenated alkanes) is 10. The lowest BCUT2D eigenvalue weighted by atomic mass is 9.96. The number of carbonyl (C=O) groups excluding carboxylic acids is 2. The Balaban J connectivity index is 0.000000201. The molecule has 0 spiro atoms. The number of hydrogen-bond acceptors (Lipinski definition) is 27. The molecule has 7 heterocycles. The zero-order chi connectivity index (χ0) is 73.0. The largest absolute Gasteiger partial charge is 0.513 e. The maximum absolute atomic E-state index is 14.0. The van der Waals surface area contributed by atoms with Gasteiger partial charge >= 0.3 is 27.4 Å². The summed E-state index contributed by atoms with van der Waals surface area (Å²) in [5, 5.41) is 75.7. The molecule has 12 atom stereocenters. The minimum absolute atomic E-state index is 0.0833. The van der Waals surface area contributed by atoms with Crippen LogP contribution in [0.25, 0.3) is 11.0 Å². The summed E-state index contributed by atoms with van der Waals surface area (Å²) < 4.78 is 87.1. The molecule has 32 nitrogen and oxygen atoms in total. The van der Waals surface area contributed by atoms with E-state index in [-0.39, 0.29) is 42.0 Å². The van der Waals surface area contributed by atoms with Crippen molar-refractivity contribution >= 4 is 55.8 Å². The highest BCUT2D eigenvalue weighted by Crippen LogP contribution is 2.52. The number of para-hydroxylation sites is 2. The van der Waals surface area contributed by atoms with Crippen LogP contribution in [0.1, 0.15) is 142 Å². The Morgan fingerprint density at radius 3 is 1.56 bits per heavy atom. The monoisotopic (exact) mass is 1440 g/mol. The molecule has 0 saturated carbocycles. The van der Waals surface area contributed by atoms with E-state index in [1.807, 2.05) is 12.1 Å². The molecular formula is C67H87N13O19P2. The van der Waals surface area contributed by atoms with E-state index in [1.165, 1.54) is 93.1 Å². The van der Waals surface area contributed by atoms with Crippen molar-refractivity contribution in [3.05, 3.63) is 143 Å². The number of nitro groups is 1. The first-order valence-electron chi connectivity index (χ1n) is 33.2. The van der Waals surface area contributed by atoms with Gasteiger partial charge in [-0.25, -0.2) is 28.1 Å². The molecule has 3 aliphatic heterocycles. The number of aliphatic hydroxyl groups excluding tert-OH is 3. The lowest BCUT2D eigenvalue weighted by molar-refractivity contribution is -0.384. The number of hydrogen-bond donors (Lipinski definition) is 7. The van der Waals surface area contributed by atoms with Crippen molar-refractivity contribution in [1.82, 2.24) is 39.4 Å². The molecule has 101 heavy (non-hydrogen) atoms. The van der Waals surface area contributed by atoms with Crippen LogP contribution in [0.5, 0.6) is 17.2 Å². The minimum Gasteiger partial charge on any atom is -0.465 e. The van der Waals surface area contributed by atoms with E-state index in [1.54, 1.807) is 91.2 Å². The van der Waals surface area contributed by atoms with Crippen LogP contribution in [-0.4, -0.2) is 141 Å². The first kappa shape index (κ1) is 78.0. The number of anilines is 2. The number of nitro benzene ring substituents is 1. The highest BCUT2D eigenvalue weighted by atomic mass is 31.2. The number of nitrogens with two attached hydrogens (primary N) is 2. The molecule has 9 N–H and O–H groups in total. The van der Waals surface area contributed by atoms with Gasteiger partial charge in [0.05, 0.1) is 36.1 Å². The van der Waals surface area contributed by atoms with Gasteiger partial charge in [0.15, 0.2) is 17.4 Å². The van der Waals surface area contributed by atoms with Gasteiger partial charge in [0.25, 0.3) is 5.69 Å². The van der Waals surface area contributed by atoms with Gasteiger partial charge in [0, 0.05) is 12.1 Å². The van der Waals surface area contributed by atoms with Crippen molar-refractivity contribution < 1.29 is 85.5 Å². The number of benzene rings is 3. The molecule has 4 aromatic heterocycles. The van der Waals surface area contributed by atoms with E-state index < -0.39 is 111 Å². The number of carbonyl (C=O) groups is 2. The van der Waals surface area contributed by atoms with Gasteiger partial charge in [0.2, 0.25) is 11.2 Å². The molecular weight excluding hydrogens is 1350 g/mol.